The molecule has 1 aromatic heterocycles. The number of rotatable bonds is 7. The quantitative estimate of drug-likeness (QED) is 0.769. The number of nitrogens with one attached hydrogen (secondary N) is 2. The van der Waals surface area contributed by atoms with Crippen molar-refractivity contribution in [2.24, 2.45) is 5.41 Å². The Morgan fingerprint density at radius 2 is 1.74 bits per heavy atom. The normalized spacial score (nSPS) is 15.0. The Labute approximate surface area is 135 Å². The highest BCUT2D eigenvalue weighted by atomic mass is 16.3. The molecule has 0 unspecified atom stereocenters. The smallest absolute Gasteiger partial charge is 0.236 e. The average molecular weight is 312 g/mol. The monoisotopic (exact) mass is 312 g/mol. The molecule has 0 saturated heterocycles. The van der Waals surface area contributed by atoms with Gasteiger partial charge in [-0.1, -0.05) is 30.3 Å². The Balaban J connectivity index is 1.47. The highest BCUT2D eigenvalue weighted by Crippen LogP contribution is 2.46. The molecule has 2 N–H and O–H groups in total. The molecule has 0 radical (unpaired) electrons. The summed E-state index contributed by atoms with van der Waals surface area (Å²) in [6.07, 6.45) is 3.53. The molecular weight excluding hydrogens is 292 g/mol. The van der Waals surface area contributed by atoms with Gasteiger partial charge < -0.3 is 15.1 Å². The van der Waals surface area contributed by atoms with E-state index in [-0.39, 0.29) is 11.8 Å². The molecule has 23 heavy (non-hydrogen) atoms. The minimum Gasteiger partial charge on any atom is -0.467 e. The van der Waals surface area contributed by atoms with Gasteiger partial charge in [-0.15, -0.1) is 0 Å². The summed E-state index contributed by atoms with van der Waals surface area (Å²) in [4.78, 5) is 24.6. The lowest BCUT2D eigenvalue weighted by Crippen LogP contribution is -2.43. The minimum absolute atomic E-state index is 0.176. The van der Waals surface area contributed by atoms with E-state index in [0.717, 1.165) is 6.42 Å². The van der Waals surface area contributed by atoms with Gasteiger partial charge in [0.1, 0.15) is 11.2 Å². The molecule has 0 bridgehead atoms. The zero-order chi connectivity index (χ0) is 16.1. The van der Waals surface area contributed by atoms with Crippen LogP contribution in [0, 0.1) is 5.41 Å². The Kier molecular flexibility index (Phi) is 4.46. The molecule has 1 fully saturated rings. The second-order valence-electron chi connectivity index (χ2n) is 5.84. The van der Waals surface area contributed by atoms with Gasteiger partial charge in [-0.3, -0.25) is 9.59 Å². The standard InChI is InChI=1S/C18H20N2O3/c21-16(19-11-8-14-5-2-1-3-6-14)18(9-10-18)17(22)20-13-15-7-4-12-23-15/h1-7,12H,8-11,13H2,(H,19,21)(H,20,22). The highest BCUT2D eigenvalue weighted by Gasteiger charge is 2.56. The Morgan fingerprint density at radius 3 is 2.39 bits per heavy atom. The van der Waals surface area contributed by atoms with Crippen molar-refractivity contribution in [3.05, 3.63) is 60.1 Å². The van der Waals surface area contributed by atoms with Gasteiger partial charge in [0.25, 0.3) is 0 Å². The van der Waals surface area contributed by atoms with Crippen molar-refractivity contribution in [2.45, 2.75) is 25.8 Å². The summed E-state index contributed by atoms with van der Waals surface area (Å²) in [6.45, 7) is 0.848. The third-order valence-corrected chi connectivity index (χ3v) is 4.16. The summed E-state index contributed by atoms with van der Waals surface area (Å²) in [5.74, 6) is 0.287. The van der Waals surface area contributed by atoms with Gasteiger partial charge in [0.05, 0.1) is 12.8 Å². The fourth-order valence-electron chi connectivity index (χ4n) is 2.57. The van der Waals surface area contributed by atoms with Crippen molar-refractivity contribution >= 4 is 11.8 Å². The highest BCUT2D eigenvalue weighted by molar-refractivity contribution is 6.07. The summed E-state index contributed by atoms with van der Waals surface area (Å²) in [6, 6.07) is 13.5. The molecule has 1 aromatic carbocycles. The molecule has 0 aliphatic heterocycles. The van der Waals surface area contributed by atoms with Gasteiger partial charge in [-0.25, -0.2) is 0 Å². The molecule has 120 valence electrons. The number of benzene rings is 1. The summed E-state index contributed by atoms with van der Waals surface area (Å²) in [7, 11) is 0. The number of hydrogen-bond donors (Lipinski definition) is 2. The third kappa shape index (κ3) is 3.62. The van der Waals surface area contributed by atoms with Crippen molar-refractivity contribution in [1.29, 1.82) is 0 Å². The van der Waals surface area contributed by atoms with Crippen molar-refractivity contribution < 1.29 is 14.0 Å². The van der Waals surface area contributed by atoms with E-state index in [0.29, 0.717) is 31.7 Å². The lowest BCUT2D eigenvalue weighted by atomic mass is 10.0. The van der Waals surface area contributed by atoms with Crippen LogP contribution in [0.2, 0.25) is 0 Å². The average Bonchev–Trinajstić information content (AvgIpc) is 3.23. The molecule has 1 aliphatic carbocycles. The summed E-state index contributed by atoms with van der Waals surface area (Å²) in [5, 5.41) is 5.67. The van der Waals surface area contributed by atoms with Crippen molar-refractivity contribution in [3.63, 3.8) is 0 Å². The van der Waals surface area contributed by atoms with E-state index in [9.17, 15) is 9.59 Å². The van der Waals surface area contributed by atoms with Crippen LogP contribution in [0.25, 0.3) is 0 Å². The summed E-state index contributed by atoms with van der Waals surface area (Å²) < 4.78 is 5.18. The van der Waals surface area contributed by atoms with Crippen molar-refractivity contribution in [1.82, 2.24) is 10.6 Å². The summed E-state index contributed by atoms with van der Waals surface area (Å²) >= 11 is 0. The fraction of sp³-hybridized carbons (Fsp3) is 0.333. The van der Waals surface area contributed by atoms with E-state index in [1.807, 2.05) is 30.3 Å². The van der Waals surface area contributed by atoms with Crippen LogP contribution in [-0.2, 0) is 22.6 Å². The Hall–Kier alpha value is -2.56. The topological polar surface area (TPSA) is 71.3 Å². The summed E-state index contributed by atoms with van der Waals surface area (Å²) in [5.41, 5.74) is 0.281. The molecule has 0 spiro atoms. The van der Waals surface area contributed by atoms with E-state index in [1.165, 1.54) is 5.56 Å². The number of carbonyl (C=O) groups excluding carboxylic acids is 2. The lowest BCUT2D eigenvalue weighted by molar-refractivity contribution is -0.137. The lowest BCUT2D eigenvalue weighted by Gasteiger charge is -2.15. The first kappa shape index (κ1) is 15.3. The van der Waals surface area contributed by atoms with Gasteiger partial charge in [0, 0.05) is 6.54 Å². The van der Waals surface area contributed by atoms with Crippen LogP contribution in [0.5, 0.6) is 0 Å². The second kappa shape index (κ2) is 6.69. The first-order valence-electron chi connectivity index (χ1n) is 7.84. The minimum atomic E-state index is -0.886. The zero-order valence-corrected chi connectivity index (χ0v) is 12.9. The van der Waals surface area contributed by atoms with Crippen LogP contribution in [0.3, 0.4) is 0 Å². The number of amides is 2. The second-order valence-corrected chi connectivity index (χ2v) is 5.84. The molecule has 1 heterocycles. The van der Waals surface area contributed by atoms with Crippen LogP contribution in [0.1, 0.15) is 24.2 Å². The van der Waals surface area contributed by atoms with Crippen LogP contribution in [0.4, 0.5) is 0 Å². The van der Waals surface area contributed by atoms with Gasteiger partial charge in [0.15, 0.2) is 0 Å². The van der Waals surface area contributed by atoms with E-state index in [2.05, 4.69) is 10.6 Å². The van der Waals surface area contributed by atoms with E-state index >= 15 is 0 Å². The maximum absolute atomic E-state index is 12.3. The number of hydrogen-bond acceptors (Lipinski definition) is 3. The van der Waals surface area contributed by atoms with Crippen LogP contribution in [0.15, 0.2) is 53.1 Å². The molecule has 0 atom stereocenters. The maximum atomic E-state index is 12.3. The molecule has 5 heteroatoms. The van der Waals surface area contributed by atoms with Crippen molar-refractivity contribution in [3.8, 4) is 0 Å². The molecule has 5 nitrogen and oxygen atoms in total. The number of carbonyl (C=O) groups is 2. The zero-order valence-electron chi connectivity index (χ0n) is 12.9. The largest absolute Gasteiger partial charge is 0.467 e. The first-order valence-corrected chi connectivity index (χ1v) is 7.84. The predicted octanol–water partition coefficient (Wildman–Crippen LogP) is 2.03. The third-order valence-electron chi connectivity index (χ3n) is 4.16. The van der Waals surface area contributed by atoms with Crippen molar-refractivity contribution in [2.75, 3.05) is 6.54 Å². The molecular formula is C18H20N2O3. The van der Waals surface area contributed by atoms with E-state index < -0.39 is 5.41 Å². The molecule has 1 saturated carbocycles. The Morgan fingerprint density at radius 1 is 1.00 bits per heavy atom. The van der Waals surface area contributed by atoms with Gasteiger partial charge in [0.2, 0.25) is 11.8 Å². The van der Waals surface area contributed by atoms with E-state index in [1.54, 1.807) is 18.4 Å². The van der Waals surface area contributed by atoms with E-state index in [4.69, 9.17) is 4.42 Å². The molecule has 2 aromatic rings. The molecule has 1 aliphatic rings. The van der Waals surface area contributed by atoms with Crippen LogP contribution in [-0.4, -0.2) is 18.4 Å². The molecule has 3 rings (SSSR count). The predicted molar refractivity (Wildman–Crippen MR) is 85.4 cm³/mol. The van der Waals surface area contributed by atoms with Gasteiger partial charge in [-0.2, -0.15) is 0 Å². The maximum Gasteiger partial charge on any atom is 0.236 e. The molecule has 2 amide bonds. The van der Waals surface area contributed by atoms with Gasteiger partial charge >= 0.3 is 0 Å². The van der Waals surface area contributed by atoms with Crippen LogP contribution >= 0.6 is 0 Å². The Bertz CT molecular complexity index is 661. The fourth-order valence-corrected chi connectivity index (χ4v) is 2.57. The van der Waals surface area contributed by atoms with Gasteiger partial charge in [-0.05, 0) is 37.0 Å². The number of furan rings is 1. The SMILES string of the molecule is O=C(NCCc1ccccc1)C1(C(=O)NCc2ccco2)CC1. The van der Waals surface area contributed by atoms with Crippen LogP contribution < -0.4 is 10.6 Å². The first-order chi connectivity index (χ1) is 11.2.